The first kappa shape index (κ1) is 56.6. The molecule has 4 amide bonds. The van der Waals surface area contributed by atoms with Crippen molar-refractivity contribution >= 4 is 63.6 Å². The zero-order valence-electron chi connectivity index (χ0n) is 44.2. The molecule has 4 atom stereocenters. The number of amides is 4. The molecule has 0 spiro atoms. The van der Waals surface area contributed by atoms with Crippen molar-refractivity contribution in [1.82, 2.24) is 45.9 Å². The number of halogens is 1. The number of rotatable bonds is 22. The van der Waals surface area contributed by atoms with Crippen LogP contribution in [0, 0.1) is 33.1 Å². The second-order valence-electron chi connectivity index (χ2n) is 20.4. The number of β-amino-alcohol motifs (C(OH)–C–C–N with tert-alkyl or cyclic N) is 1. The van der Waals surface area contributed by atoms with Crippen molar-refractivity contribution in [1.29, 1.82) is 0 Å². The number of hydrogen-bond acceptors (Lipinski definition) is 16. The van der Waals surface area contributed by atoms with Crippen LogP contribution in [-0.4, -0.2) is 149 Å². The second-order valence-corrected chi connectivity index (χ2v) is 22.9. The quantitative estimate of drug-likeness (QED) is 0.0523. The van der Waals surface area contributed by atoms with Gasteiger partial charge in [-0.1, -0.05) is 56.6 Å². The van der Waals surface area contributed by atoms with Gasteiger partial charge in [-0.05, 0) is 88.4 Å². The molecule has 2 aromatic carbocycles. The van der Waals surface area contributed by atoms with E-state index < -0.39 is 47.4 Å². The molecule has 5 N–H and O–H groups in total. The van der Waals surface area contributed by atoms with Gasteiger partial charge in [-0.15, -0.1) is 32.9 Å². The van der Waals surface area contributed by atoms with Gasteiger partial charge in [-0.3, -0.25) is 28.7 Å². The first-order chi connectivity index (χ1) is 36.5. The van der Waals surface area contributed by atoms with E-state index in [1.165, 1.54) is 4.90 Å². The van der Waals surface area contributed by atoms with Gasteiger partial charge in [0.05, 0.1) is 67.4 Å². The number of thiazole rings is 1. The molecule has 3 aliphatic heterocycles. The van der Waals surface area contributed by atoms with E-state index in [4.69, 9.17) is 35.5 Å². The number of hydrogen-bond donors (Lipinski definition) is 5. The Hall–Kier alpha value is -5.65. The number of aliphatic imine (C=N–C) groups is 1. The summed E-state index contributed by atoms with van der Waals surface area (Å²) in [6, 6.07) is 10.9. The van der Waals surface area contributed by atoms with Crippen LogP contribution in [-0.2, 0) is 39.9 Å². The maximum Gasteiger partial charge on any atom is 0.246 e. The second kappa shape index (κ2) is 25.7. The molecule has 0 bridgehead atoms. The Bertz CT molecular complexity index is 2870. The third-order valence-corrected chi connectivity index (χ3v) is 16.1. The smallest absolute Gasteiger partial charge is 0.246 e. The van der Waals surface area contributed by atoms with Gasteiger partial charge in [0.15, 0.2) is 5.82 Å². The molecule has 19 nitrogen and oxygen atoms in total. The Morgan fingerprint density at radius 2 is 1.62 bits per heavy atom. The number of aromatic nitrogens is 4. The van der Waals surface area contributed by atoms with Gasteiger partial charge in [0.1, 0.15) is 47.4 Å². The fourth-order valence-corrected chi connectivity index (χ4v) is 11.6. The van der Waals surface area contributed by atoms with Crippen molar-refractivity contribution in [2.75, 3.05) is 65.8 Å². The molecule has 5 aromatic rings. The summed E-state index contributed by atoms with van der Waals surface area (Å²) in [7, 11) is 0. The van der Waals surface area contributed by atoms with Crippen LogP contribution in [0.4, 0.5) is 0 Å². The zero-order valence-corrected chi connectivity index (χ0v) is 46.6. The highest BCUT2D eigenvalue weighted by molar-refractivity contribution is 7.15. The van der Waals surface area contributed by atoms with E-state index in [9.17, 15) is 24.3 Å². The highest BCUT2D eigenvalue weighted by atomic mass is 35.5. The van der Waals surface area contributed by atoms with E-state index in [0.29, 0.717) is 22.4 Å². The largest absolute Gasteiger partial charge is 0.490 e. The Kier molecular flexibility index (Phi) is 19.1. The van der Waals surface area contributed by atoms with Crippen molar-refractivity contribution in [3.63, 3.8) is 0 Å². The van der Waals surface area contributed by atoms with Gasteiger partial charge < -0.3 is 50.2 Å². The number of aliphatic hydroxyl groups excluding tert-OH is 1. The van der Waals surface area contributed by atoms with Gasteiger partial charge >= 0.3 is 0 Å². The number of thiophene rings is 1. The molecule has 408 valence electrons. The Morgan fingerprint density at radius 3 is 2.33 bits per heavy atom. The lowest BCUT2D eigenvalue weighted by atomic mass is 9.85. The summed E-state index contributed by atoms with van der Waals surface area (Å²) in [6.45, 7) is 16.4. The number of piperidine rings is 1. The van der Waals surface area contributed by atoms with Crippen LogP contribution in [0.3, 0.4) is 0 Å². The minimum Gasteiger partial charge on any atom is -0.490 e. The molecule has 0 aliphatic carbocycles. The monoisotopic (exact) mass is 1100 g/mol. The number of aliphatic hydroxyl groups is 1. The number of aryl methyl sites for hydroxylation is 3. The summed E-state index contributed by atoms with van der Waals surface area (Å²) in [5.41, 5.74) is 7.55. The van der Waals surface area contributed by atoms with E-state index in [1.807, 2.05) is 87.2 Å². The maximum absolute atomic E-state index is 14.2. The molecule has 76 heavy (non-hydrogen) atoms. The van der Waals surface area contributed by atoms with Crippen LogP contribution >= 0.6 is 34.3 Å². The fraction of sp³-hybridized carbons (Fsp3) is 0.519. The highest BCUT2D eigenvalue weighted by Gasteiger charge is 2.44. The maximum atomic E-state index is 14.2. The number of nitrogens with one attached hydrogen (secondary N) is 4. The van der Waals surface area contributed by atoms with E-state index >= 15 is 0 Å². The number of fused-ring (bicyclic) bond motifs is 3. The third kappa shape index (κ3) is 13.9. The Morgan fingerprint density at radius 1 is 0.908 bits per heavy atom. The van der Waals surface area contributed by atoms with Gasteiger partial charge in [0.2, 0.25) is 23.6 Å². The summed E-state index contributed by atoms with van der Waals surface area (Å²) in [5.74, 6) is 0.392. The fourth-order valence-electron chi connectivity index (χ4n) is 9.49. The molecule has 0 radical (unpaired) electrons. The SMILES string of the molecule is Cc1ncsc1-c1ccc(CNC(=O)[C@@H]2C[C@@H](O)CN2C(=O)[C@@H](NC(=O)COCCOCCOCCNC(=O)C[C@@H]2N=C(c3ccc(Cl)cc3)c3c(sc(C)c3C)-n3c(C)nnc32)C(C)(C)C)c(OC2CCNCC2)c1. The highest BCUT2D eigenvalue weighted by Crippen LogP contribution is 2.40. The number of ether oxygens (including phenoxy) is 4. The third-order valence-electron chi connectivity index (χ3n) is 13.7. The van der Waals surface area contributed by atoms with E-state index in [0.717, 1.165) is 79.9 Å². The van der Waals surface area contributed by atoms with Crippen LogP contribution in [0.2, 0.25) is 5.02 Å². The molecule has 0 saturated carbocycles. The van der Waals surface area contributed by atoms with Crippen molar-refractivity contribution in [2.24, 2.45) is 10.4 Å². The summed E-state index contributed by atoms with van der Waals surface area (Å²) in [6.07, 6.45) is 0.948. The minimum atomic E-state index is -1.01. The first-order valence-corrected chi connectivity index (χ1v) is 27.9. The predicted molar refractivity (Wildman–Crippen MR) is 292 cm³/mol. The average molecular weight is 1100 g/mol. The number of benzene rings is 2. The number of nitrogens with zero attached hydrogens (tertiary/aromatic N) is 6. The average Bonchev–Trinajstić information content (AvgIpc) is 4.19. The Balaban J connectivity index is 0.749. The molecule has 3 aromatic heterocycles. The van der Waals surface area contributed by atoms with E-state index in [-0.39, 0.29) is 84.1 Å². The summed E-state index contributed by atoms with van der Waals surface area (Å²) < 4.78 is 25.5. The molecule has 3 aliphatic rings. The topological polar surface area (TPSA) is 233 Å². The molecule has 6 heterocycles. The number of likely N-dealkylation sites (tertiary alicyclic amines) is 1. The lowest BCUT2D eigenvalue weighted by Gasteiger charge is -2.35. The van der Waals surface area contributed by atoms with Crippen molar-refractivity contribution in [2.45, 2.75) is 111 Å². The summed E-state index contributed by atoms with van der Waals surface area (Å²) in [5, 5.41) is 33.3. The lowest BCUT2D eigenvalue weighted by Crippen LogP contribution is -2.58. The summed E-state index contributed by atoms with van der Waals surface area (Å²) >= 11 is 9.45. The van der Waals surface area contributed by atoms with Crippen LogP contribution in [0.1, 0.15) is 97.0 Å². The minimum absolute atomic E-state index is 0.0282. The van der Waals surface area contributed by atoms with Crippen LogP contribution in [0.25, 0.3) is 15.4 Å². The van der Waals surface area contributed by atoms with Crippen LogP contribution in [0.15, 0.2) is 53.0 Å². The van der Waals surface area contributed by atoms with Gasteiger partial charge in [0.25, 0.3) is 0 Å². The molecule has 22 heteroatoms. The number of carbonyl (C=O) groups excluding carboxylic acids is 4. The van der Waals surface area contributed by atoms with Crippen LogP contribution < -0.4 is 26.0 Å². The molecule has 2 fully saturated rings. The molecular weight excluding hydrogens is 1030 g/mol. The normalized spacial score (nSPS) is 18.1. The Labute approximate surface area is 456 Å². The molecule has 2 saturated heterocycles. The van der Waals surface area contributed by atoms with Crippen molar-refractivity contribution in [3.8, 4) is 21.2 Å². The lowest BCUT2D eigenvalue weighted by molar-refractivity contribution is -0.144. The van der Waals surface area contributed by atoms with E-state index in [1.54, 1.807) is 22.7 Å². The van der Waals surface area contributed by atoms with Gasteiger partial charge in [0, 0.05) is 52.6 Å². The number of carbonyl (C=O) groups is 4. The molecular formula is C54H69ClN10O9S2. The van der Waals surface area contributed by atoms with E-state index in [2.05, 4.69) is 50.3 Å². The van der Waals surface area contributed by atoms with Crippen LogP contribution in [0.5, 0.6) is 5.75 Å². The predicted octanol–water partition coefficient (Wildman–Crippen LogP) is 5.73. The first-order valence-electron chi connectivity index (χ1n) is 25.8. The summed E-state index contributed by atoms with van der Waals surface area (Å²) in [4.78, 5) is 67.8. The van der Waals surface area contributed by atoms with Gasteiger partial charge in [-0.2, -0.15) is 0 Å². The zero-order chi connectivity index (χ0) is 54.1. The van der Waals surface area contributed by atoms with Gasteiger partial charge in [-0.25, -0.2) is 4.98 Å². The standard InChI is InChI=1S/C54H69ClN10O9S2/c1-31-33(3)76-53-46(31)47(35-10-12-38(55)13-11-35)60-41(50-63-62-34(4)65(50)53)26-44(67)57-18-19-71-20-21-72-22-23-73-29-45(68)61-49(54(5,6)7)52(70)64-28-39(66)25-42(64)51(69)58-27-37-9-8-36(48-32(2)59-30-75-48)24-43(37)74-40-14-16-56-17-15-40/h8-13,24,30,39-42,49,56,66H,14-23,25-29H2,1-7H3,(H,57,67)(H,58,69)(H,61,68)/t39-,41+,42+,49-/m1/s1. The van der Waals surface area contributed by atoms with Crippen molar-refractivity contribution < 1.29 is 43.2 Å². The van der Waals surface area contributed by atoms with Crippen molar-refractivity contribution in [3.05, 3.63) is 97.5 Å². The molecule has 0 unspecified atom stereocenters. The molecule has 8 rings (SSSR count).